The van der Waals surface area contributed by atoms with E-state index in [1.165, 1.54) is 18.9 Å². The van der Waals surface area contributed by atoms with Crippen molar-refractivity contribution in [2.45, 2.75) is 57.4 Å². The topological polar surface area (TPSA) is 81.7 Å². The molecule has 0 heterocycles. The second-order valence-corrected chi connectivity index (χ2v) is 7.79. The average Bonchev–Trinajstić information content (AvgIpc) is 2.69. The summed E-state index contributed by atoms with van der Waals surface area (Å²) in [5.41, 5.74) is -0.635. The predicted octanol–water partition coefficient (Wildman–Crippen LogP) is 2.15. The summed E-state index contributed by atoms with van der Waals surface area (Å²) in [4.78, 5) is 35.0. The zero-order valence-corrected chi connectivity index (χ0v) is 14.6. The largest absolute Gasteiger partial charge is 0.467 e. The van der Waals surface area contributed by atoms with Crippen molar-refractivity contribution in [3.8, 4) is 0 Å². The Labute approximate surface area is 135 Å². The van der Waals surface area contributed by atoms with Gasteiger partial charge in [0.25, 0.3) is 0 Å². The number of rotatable bonds is 5. The molecule has 0 radical (unpaired) electrons. The highest BCUT2D eigenvalue weighted by Gasteiger charge is 2.32. The van der Waals surface area contributed by atoms with Gasteiger partial charge in [0.1, 0.15) is 17.4 Å². The van der Waals surface area contributed by atoms with Gasteiger partial charge in [-0.2, -0.15) is 11.8 Å². The van der Waals surface area contributed by atoms with Crippen LogP contribution in [0.15, 0.2) is 0 Å². The average molecular weight is 331 g/mol. The van der Waals surface area contributed by atoms with Gasteiger partial charge < -0.3 is 14.8 Å². The number of ether oxygens (including phenoxy) is 2. The number of hydrogen-bond acceptors (Lipinski definition) is 6. The molecule has 1 saturated carbocycles. The smallest absolute Gasteiger partial charge is 0.408 e. The summed E-state index contributed by atoms with van der Waals surface area (Å²) < 4.78 is 9.87. The van der Waals surface area contributed by atoms with Gasteiger partial charge in [-0.25, -0.2) is 9.59 Å². The van der Waals surface area contributed by atoms with Crippen molar-refractivity contribution in [3.05, 3.63) is 0 Å². The minimum atomic E-state index is -0.784. The van der Waals surface area contributed by atoms with Gasteiger partial charge in [-0.05, 0) is 26.7 Å². The predicted molar refractivity (Wildman–Crippen MR) is 84.8 cm³/mol. The molecule has 0 aromatic carbocycles. The minimum absolute atomic E-state index is 0.181. The molecule has 0 aromatic heterocycles. The van der Waals surface area contributed by atoms with E-state index in [9.17, 15) is 14.4 Å². The normalized spacial score (nSPS) is 23.0. The lowest BCUT2D eigenvalue weighted by Crippen LogP contribution is -2.45. The Kier molecular flexibility index (Phi) is 6.71. The van der Waals surface area contributed by atoms with Crippen molar-refractivity contribution in [1.29, 1.82) is 0 Å². The highest BCUT2D eigenvalue weighted by Crippen LogP contribution is 2.33. The molecule has 0 aromatic rings. The van der Waals surface area contributed by atoms with Crippen LogP contribution < -0.4 is 5.32 Å². The lowest BCUT2D eigenvalue weighted by molar-refractivity contribution is -0.142. The Morgan fingerprint density at radius 1 is 1.36 bits per heavy atom. The van der Waals surface area contributed by atoms with Gasteiger partial charge >= 0.3 is 12.1 Å². The zero-order chi connectivity index (χ0) is 16.9. The van der Waals surface area contributed by atoms with Crippen molar-refractivity contribution >= 4 is 29.6 Å². The fourth-order valence-electron chi connectivity index (χ4n) is 2.20. The summed E-state index contributed by atoms with van der Waals surface area (Å²) >= 11 is 1.52. The minimum Gasteiger partial charge on any atom is -0.467 e. The molecular formula is C15H25NO5S. The first kappa shape index (κ1) is 18.8. The number of methoxy groups -OCH3 is 1. The van der Waals surface area contributed by atoms with E-state index in [0.29, 0.717) is 18.6 Å². The maximum atomic E-state index is 11.8. The Hall–Kier alpha value is -1.24. The fourth-order valence-corrected chi connectivity index (χ4v) is 3.59. The number of carbonyl (C=O) groups is 3. The maximum absolute atomic E-state index is 11.8. The van der Waals surface area contributed by atoms with Gasteiger partial charge in [0.15, 0.2) is 0 Å². The SMILES string of the molecule is COC(=O)[C@H](CS[C@H]1CC(=O)C[C@@H]1C)NC(=O)OC(C)(C)C. The first-order valence-electron chi connectivity index (χ1n) is 7.33. The second kappa shape index (κ2) is 7.85. The fraction of sp³-hybridized carbons (Fsp3) is 0.800. The molecule has 0 spiro atoms. The molecular weight excluding hydrogens is 306 g/mol. The molecule has 1 N–H and O–H groups in total. The number of hydrogen-bond donors (Lipinski definition) is 1. The summed E-state index contributed by atoms with van der Waals surface area (Å²) in [7, 11) is 1.28. The van der Waals surface area contributed by atoms with Gasteiger partial charge in [0.2, 0.25) is 0 Å². The monoisotopic (exact) mass is 331 g/mol. The lowest BCUT2D eigenvalue weighted by Gasteiger charge is -2.23. The molecule has 0 aliphatic heterocycles. The van der Waals surface area contributed by atoms with Crippen LogP contribution in [0.1, 0.15) is 40.5 Å². The molecule has 1 aliphatic carbocycles. The Morgan fingerprint density at radius 3 is 2.45 bits per heavy atom. The highest BCUT2D eigenvalue weighted by molar-refractivity contribution is 8.00. The number of nitrogens with one attached hydrogen (secondary N) is 1. The third-order valence-corrected chi connectivity index (χ3v) is 4.85. The molecule has 6 nitrogen and oxygen atoms in total. The first-order valence-corrected chi connectivity index (χ1v) is 8.38. The van der Waals surface area contributed by atoms with Crippen LogP contribution in [0.5, 0.6) is 0 Å². The van der Waals surface area contributed by atoms with Gasteiger partial charge in [0.05, 0.1) is 7.11 Å². The van der Waals surface area contributed by atoms with E-state index in [4.69, 9.17) is 9.47 Å². The Morgan fingerprint density at radius 2 is 2.00 bits per heavy atom. The maximum Gasteiger partial charge on any atom is 0.408 e. The summed E-state index contributed by atoms with van der Waals surface area (Å²) in [6, 6.07) is -0.784. The third-order valence-electron chi connectivity index (χ3n) is 3.27. The van der Waals surface area contributed by atoms with Gasteiger partial charge in [-0.3, -0.25) is 4.79 Å². The van der Waals surface area contributed by atoms with Gasteiger partial charge in [-0.1, -0.05) is 6.92 Å². The Balaban J connectivity index is 2.56. The molecule has 0 saturated heterocycles. The van der Waals surface area contributed by atoms with Crippen LogP contribution in [0, 0.1) is 5.92 Å². The van der Waals surface area contributed by atoms with Crippen molar-refractivity contribution < 1.29 is 23.9 Å². The van der Waals surface area contributed by atoms with E-state index in [-0.39, 0.29) is 17.0 Å². The van der Waals surface area contributed by atoms with Crippen LogP contribution in [0.25, 0.3) is 0 Å². The molecule has 1 fully saturated rings. The number of ketones is 1. The summed E-state index contributed by atoms with van der Waals surface area (Å²) in [5, 5.41) is 2.71. The van der Waals surface area contributed by atoms with E-state index in [1.807, 2.05) is 6.92 Å². The zero-order valence-electron chi connectivity index (χ0n) is 13.8. The van der Waals surface area contributed by atoms with Crippen LogP contribution in [0.4, 0.5) is 4.79 Å². The number of amides is 1. The van der Waals surface area contributed by atoms with E-state index in [2.05, 4.69) is 5.32 Å². The summed E-state index contributed by atoms with van der Waals surface area (Å²) in [6.45, 7) is 7.28. The van der Waals surface area contributed by atoms with Crippen LogP contribution in [-0.2, 0) is 19.1 Å². The molecule has 1 amide bonds. The van der Waals surface area contributed by atoms with E-state index in [0.717, 1.165) is 0 Å². The van der Waals surface area contributed by atoms with Crippen LogP contribution in [-0.4, -0.2) is 47.6 Å². The summed E-state index contributed by atoms with van der Waals surface area (Å²) in [6.07, 6.45) is 0.450. The van der Waals surface area contributed by atoms with Crippen LogP contribution in [0.2, 0.25) is 0 Å². The van der Waals surface area contributed by atoms with Gasteiger partial charge in [-0.15, -0.1) is 0 Å². The van der Waals surface area contributed by atoms with Crippen molar-refractivity contribution in [3.63, 3.8) is 0 Å². The van der Waals surface area contributed by atoms with Crippen LogP contribution in [0.3, 0.4) is 0 Å². The number of carbonyl (C=O) groups excluding carboxylic acids is 3. The van der Waals surface area contributed by atoms with Crippen molar-refractivity contribution in [2.24, 2.45) is 5.92 Å². The molecule has 1 rings (SSSR count). The second-order valence-electron chi connectivity index (χ2n) is 6.52. The van der Waals surface area contributed by atoms with E-state index < -0.39 is 23.7 Å². The van der Waals surface area contributed by atoms with Crippen molar-refractivity contribution in [2.75, 3.05) is 12.9 Å². The standard InChI is InChI=1S/C15H25NO5S/c1-9-6-10(17)7-12(9)22-8-11(13(18)20-5)16-14(19)21-15(2,3)4/h9,11-12H,6-8H2,1-5H3,(H,16,19)/t9-,11-,12-/m0/s1. The molecule has 22 heavy (non-hydrogen) atoms. The molecule has 3 atom stereocenters. The first-order chi connectivity index (χ1) is 10.1. The molecule has 0 bridgehead atoms. The van der Waals surface area contributed by atoms with Crippen LogP contribution >= 0.6 is 11.8 Å². The molecule has 7 heteroatoms. The third kappa shape index (κ3) is 6.25. The number of alkyl carbamates (subject to hydrolysis) is 1. The number of thioether (sulfide) groups is 1. The molecule has 126 valence electrons. The number of esters is 1. The van der Waals surface area contributed by atoms with E-state index in [1.54, 1.807) is 20.8 Å². The molecule has 0 unspecified atom stereocenters. The summed E-state index contributed by atoms with van der Waals surface area (Å²) in [5.74, 6) is 0.376. The molecule has 1 aliphatic rings. The Bertz CT molecular complexity index is 432. The van der Waals surface area contributed by atoms with Crippen molar-refractivity contribution in [1.82, 2.24) is 5.32 Å². The van der Waals surface area contributed by atoms with E-state index >= 15 is 0 Å². The lowest BCUT2D eigenvalue weighted by atomic mass is 10.1. The quantitative estimate of drug-likeness (QED) is 0.777. The highest BCUT2D eigenvalue weighted by atomic mass is 32.2. The van der Waals surface area contributed by atoms with Gasteiger partial charge in [0, 0.05) is 23.8 Å². The number of Topliss-reactive ketones (excluding diaryl/α,β-unsaturated/α-hetero) is 1.